The molecule has 144 valence electrons. The SMILES string of the molecule is N[C@@H](Cc1ccccc1)C(=O)NCC(=O)C[P+](O)(O)CC1CCCCC1. The van der Waals surface area contributed by atoms with E-state index in [-0.39, 0.29) is 18.5 Å². The van der Waals surface area contributed by atoms with Gasteiger partial charge in [0.2, 0.25) is 5.91 Å². The van der Waals surface area contributed by atoms with Gasteiger partial charge in [0.05, 0.1) is 12.6 Å². The molecule has 1 aliphatic carbocycles. The van der Waals surface area contributed by atoms with Gasteiger partial charge in [-0.1, -0.05) is 49.6 Å². The number of hydrogen-bond acceptors (Lipinski definition) is 5. The van der Waals surface area contributed by atoms with E-state index in [4.69, 9.17) is 5.73 Å². The summed E-state index contributed by atoms with van der Waals surface area (Å²) >= 11 is 0. The van der Waals surface area contributed by atoms with Gasteiger partial charge in [-0.2, -0.15) is 0 Å². The summed E-state index contributed by atoms with van der Waals surface area (Å²) < 4.78 is 0. The third-order valence-corrected chi connectivity index (χ3v) is 6.76. The van der Waals surface area contributed by atoms with Crippen molar-refractivity contribution < 1.29 is 19.4 Å². The normalized spacial score (nSPS) is 16.9. The summed E-state index contributed by atoms with van der Waals surface area (Å²) in [6.45, 7) is -0.213. The number of Topliss-reactive ketones (excluding diaryl/α,β-unsaturated/α-hetero) is 1. The Hall–Kier alpha value is -1.33. The highest BCUT2D eigenvalue weighted by Gasteiger charge is 2.39. The van der Waals surface area contributed by atoms with E-state index in [0.29, 0.717) is 18.5 Å². The Morgan fingerprint density at radius 2 is 1.81 bits per heavy atom. The second-order valence-corrected chi connectivity index (χ2v) is 9.71. The molecule has 2 rings (SSSR count). The lowest BCUT2D eigenvalue weighted by Crippen LogP contribution is -2.44. The fourth-order valence-electron chi connectivity index (χ4n) is 3.46. The lowest BCUT2D eigenvalue weighted by Gasteiger charge is -2.23. The van der Waals surface area contributed by atoms with Crippen molar-refractivity contribution in [2.24, 2.45) is 11.7 Å². The van der Waals surface area contributed by atoms with Gasteiger partial charge >= 0.3 is 0 Å². The molecule has 7 heteroatoms. The van der Waals surface area contributed by atoms with Crippen LogP contribution in [0.5, 0.6) is 0 Å². The van der Waals surface area contributed by atoms with Crippen LogP contribution in [-0.4, -0.2) is 46.4 Å². The molecule has 1 fully saturated rings. The lowest BCUT2D eigenvalue weighted by molar-refractivity contribution is -0.125. The summed E-state index contributed by atoms with van der Waals surface area (Å²) in [5.41, 5.74) is 6.82. The van der Waals surface area contributed by atoms with Gasteiger partial charge in [0.1, 0.15) is 6.16 Å². The molecule has 0 spiro atoms. The second-order valence-electron chi connectivity index (χ2n) is 7.28. The minimum atomic E-state index is -3.24. The molecule has 5 N–H and O–H groups in total. The van der Waals surface area contributed by atoms with Crippen LogP contribution in [0.4, 0.5) is 0 Å². The van der Waals surface area contributed by atoms with E-state index in [2.05, 4.69) is 5.32 Å². The number of ketones is 1. The standard InChI is InChI=1S/C19H29N2O4P/c20-18(11-15-7-3-1-4-8-15)19(23)21-12-17(22)14-26(24,25)13-16-9-5-2-6-10-16/h1,3-4,7-8,16,18,24-25H,2,5-6,9-14,20H2/p+1/t18-/m0/s1. The number of nitrogens with two attached hydrogens (primary N) is 1. The summed E-state index contributed by atoms with van der Waals surface area (Å²) in [6, 6.07) is 8.68. The van der Waals surface area contributed by atoms with Crippen molar-refractivity contribution in [2.75, 3.05) is 18.9 Å². The van der Waals surface area contributed by atoms with E-state index in [1.165, 1.54) is 6.42 Å². The number of carbonyl (C=O) groups is 2. The number of amides is 1. The molecule has 1 aliphatic rings. The predicted octanol–water partition coefficient (Wildman–Crippen LogP) is 1.65. The molecule has 1 atom stereocenters. The van der Waals surface area contributed by atoms with Crippen molar-refractivity contribution >= 4 is 19.4 Å². The molecular weight excluding hydrogens is 351 g/mol. The van der Waals surface area contributed by atoms with Crippen molar-refractivity contribution in [3.05, 3.63) is 35.9 Å². The molecule has 0 aliphatic heterocycles. The van der Waals surface area contributed by atoms with Gasteiger partial charge in [0.15, 0.2) is 11.9 Å². The highest BCUT2D eigenvalue weighted by molar-refractivity contribution is 7.65. The van der Waals surface area contributed by atoms with Crippen LogP contribution in [-0.2, 0) is 16.0 Å². The Morgan fingerprint density at radius 1 is 1.15 bits per heavy atom. The van der Waals surface area contributed by atoms with E-state index in [0.717, 1.165) is 31.2 Å². The molecule has 0 aromatic heterocycles. The third-order valence-electron chi connectivity index (χ3n) is 4.80. The minimum absolute atomic E-state index is 0.213. The summed E-state index contributed by atoms with van der Waals surface area (Å²) in [6.07, 6.45) is 5.89. The summed E-state index contributed by atoms with van der Waals surface area (Å²) in [5, 5.41) is 2.51. The lowest BCUT2D eigenvalue weighted by atomic mass is 9.91. The van der Waals surface area contributed by atoms with E-state index in [1.54, 1.807) is 0 Å². The maximum absolute atomic E-state index is 12.0. The first-order valence-corrected chi connectivity index (χ1v) is 11.3. The zero-order valence-corrected chi connectivity index (χ0v) is 16.0. The van der Waals surface area contributed by atoms with E-state index < -0.39 is 19.7 Å². The molecule has 0 saturated heterocycles. The van der Waals surface area contributed by atoms with E-state index in [1.807, 2.05) is 30.3 Å². The van der Waals surface area contributed by atoms with E-state index in [9.17, 15) is 19.4 Å². The number of rotatable bonds is 9. The average molecular weight is 381 g/mol. The van der Waals surface area contributed by atoms with Gasteiger partial charge in [0, 0.05) is 0 Å². The van der Waals surface area contributed by atoms with Crippen LogP contribution >= 0.6 is 7.72 Å². The summed E-state index contributed by atoms with van der Waals surface area (Å²) in [5.74, 6) is -0.470. The minimum Gasteiger partial charge on any atom is -0.347 e. The third kappa shape index (κ3) is 7.50. The Labute approximate surface area is 155 Å². The fourth-order valence-corrected chi connectivity index (χ4v) is 5.46. The summed E-state index contributed by atoms with van der Waals surface area (Å²) in [4.78, 5) is 44.5. The van der Waals surface area contributed by atoms with Crippen LogP contribution in [0.1, 0.15) is 37.7 Å². The van der Waals surface area contributed by atoms with Crippen LogP contribution < -0.4 is 11.1 Å². The topological polar surface area (TPSA) is 113 Å². The van der Waals surface area contributed by atoms with Crippen molar-refractivity contribution in [3.63, 3.8) is 0 Å². The van der Waals surface area contributed by atoms with Gasteiger partial charge in [-0.15, -0.1) is 0 Å². The first-order chi connectivity index (χ1) is 12.4. The highest BCUT2D eigenvalue weighted by Crippen LogP contribution is 2.52. The molecule has 26 heavy (non-hydrogen) atoms. The molecule has 1 aromatic carbocycles. The molecule has 6 nitrogen and oxygen atoms in total. The molecule has 0 bridgehead atoms. The fraction of sp³-hybridized carbons (Fsp3) is 0.579. The Balaban J connectivity index is 1.71. The molecular formula is C19H30N2O4P+. The summed E-state index contributed by atoms with van der Waals surface area (Å²) in [7, 11) is -3.24. The van der Waals surface area contributed by atoms with Crippen LogP contribution in [0.15, 0.2) is 30.3 Å². The van der Waals surface area contributed by atoms with Gasteiger partial charge in [-0.3, -0.25) is 9.59 Å². The molecule has 1 aromatic rings. The number of hydrogen-bond donors (Lipinski definition) is 4. The predicted molar refractivity (Wildman–Crippen MR) is 104 cm³/mol. The maximum atomic E-state index is 12.0. The zero-order chi connectivity index (χ0) is 19.0. The van der Waals surface area contributed by atoms with Crippen LogP contribution in [0.25, 0.3) is 0 Å². The number of carbonyl (C=O) groups excluding carboxylic acids is 2. The largest absolute Gasteiger partial charge is 0.347 e. The van der Waals surface area contributed by atoms with Gasteiger partial charge in [0.25, 0.3) is 7.72 Å². The zero-order valence-electron chi connectivity index (χ0n) is 15.1. The molecule has 1 saturated carbocycles. The van der Waals surface area contributed by atoms with Crippen LogP contribution in [0, 0.1) is 5.92 Å². The number of benzene rings is 1. The second kappa shape index (κ2) is 10.1. The maximum Gasteiger partial charge on any atom is 0.275 e. The van der Waals surface area contributed by atoms with Crippen LogP contribution in [0.3, 0.4) is 0 Å². The smallest absolute Gasteiger partial charge is 0.275 e. The van der Waals surface area contributed by atoms with Crippen molar-refractivity contribution in [1.29, 1.82) is 0 Å². The first-order valence-electron chi connectivity index (χ1n) is 9.27. The number of nitrogens with one attached hydrogen (secondary N) is 1. The van der Waals surface area contributed by atoms with Crippen molar-refractivity contribution in [1.82, 2.24) is 5.32 Å². The van der Waals surface area contributed by atoms with Crippen LogP contribution in [0.2, 0.25) is 0 Å². The Morgan fingerprint density at radius 3 is 2.46 bits per heavy atom. The molecule has 0 heterocycles. The van der Waals surface area contributed by atoms with Crippen molar-refractivity contribution in [3.8, 4) is 0 Å². The van der Waals surface area contributed by atoms with Gasteiger partial charge < -0.3 is 11.1 Å². The highest BCUT2D eigenvalue weighted by atomic mass is 31.2. The Bertz CT molecular complexity index is 588. The molecule has 0 radical (unpaired) electrons. The van der Waals surface area contributed by atoms with Gasteiger partial charge in [-0.25, -0.2) is 9.79 Å². The average Bonchev–Trinajstić information content (AvgIpc) is 2.60. The van der Waals surface area contributed by atoms with E-state index >= 15 is 0 Å². The quantitative estimate of drug-likeness (QED) is 0.486. The van der Waals surface area contributed by atoms with Gasteiger partial charge in [-0.05, 0) is 30.7 Å². The Kier molecular flexibility index (Phi) is 8.16. The molecule has 0 unspecified atom stereocenters. The van der Waals surface area contributed by atoms with Crippen molar-refractivity contribution in [2.45, 2.75) is 44.6 Å². The monoisotopic (exact) mass is 381 g/mol. The molecule has 1 amide bonds. The first kappa shape index (κ1) is 21.0.